The third-order valence-corrected chi connectivity index (χ3v) is 4.39. The molecule has 2 heterocycles. The minimum Gasteiger partial charge on any atom is -0.484 e. The van der Waals surface area contributed by atoms with Crippen LogP contribution in [-0.2, 0) is 6.54 Å². The summed E-state index contributed by atoms with van der Waals surface area (Å²) in [6.07, 6.45) is 2.85. The molecule has 118 valence electrons. The van der Waals surface area contributed by atoms with Crippen LogP contribution >= 0.6 is 11.3 Å². The van der Waals surface area contributed by atoms with Crippen LogP contribution in [-0.4, -0.2) is 29.1 Å². The van der Waals surface area contributed by atoms with Crippen LogP contribution in [0.15, 0.2) is 23.7 Å². The number of aromatic nitrogens is 1. The Bertz CT molecular complexity index is 605. The summed E-state index contributed by atoms with van der Waals surface area (Å²) < 4.78 is 45.4. The van der Waals surface area contributed by atoms with E-state index < -0.39 is 23.2 Å². The van der Waals surface area contributed by atoms with Crippen molar-refractivity contribution < 1.29 is 17.9 Å². The first-order valence-corrected chi connectivity index (χ1v) is 7.91. The van der Waals surface area contributed by atoms with Crippen molar-refractivity contribution >= 4 is 11.3 Å². The molecule has 3 rings (SSSR count). The lowest BCUT2D eigenvalue weighted by molar-refractivity contribution is 0.0897. The van der Waals surface area contributed by atoms with Gasteiger partial charge in [0, 0.05) is 36.8 Å². The van der Waals surface area contributed by atoms with Crippen LogP contribution in [0.4, 0.5) is 13.2 Å². The lowest BCUT2D eigenvalue weighted by Gasteiger charge is -2.31. The Morgan fingerprint density at radius 1 is 1.18 bits per heavy atom. The summed E-state index contributed by atoms with van der Waals surface area (Å²) in [5.41, 5.74) is 0. The standard InChI is InChI=1S/C15H15F3N2OS/c16-10-7-12(17)15(13(18)8-10)21-11-1-4-20(5-2-11)9-14-19-3-6-22-14/h3,6-8,11H,1-2,4-5,9H2. The SMILES string of the molecule is Fc1cc(F)c(OC2CCN(Cc3nccs3)CC2)c(F)c1. The molecule has 22 heavy (non-hydrogen) atoms. The van der Waals surface area contributed by atoms with Gasteiger partial charge in [-0.2, -0.15) is 0 Å². The number of benzene rings is 1. The molecule has 0 N–H and O–H groups in total. The largest absolute Gasteiger partial charge is 0.484 e. The number of ether oxygens (including phenoxy) is 1. The Balaban J connectivity index is 1.56. The number of nitrogens with zero attached hydrogens (tertiary/aromatic N) is 2. The molecule has 0 radical (unpaired) electrons. The second-order valence-electron chi connectivity index (χ2n) is 5.22. The average Bonchev–Trinajstić information content (AvgIpc) is 2.97. The lowest BCUT2D eigenvalue weighted by atomic mass is 10.1. The maximum absolute atomic E-state index is 13.6. The normalized spacial score (nSPS) is 16.9. The number of hydrogen-bond acceptors (Lipinski definition) is 4. The fourth-order valence-electron chi connectivity index (χ4n) is 2.52. The number of hydrogen-bond donors (Lipinski definition) is 0. The molecule has 0 bridgehead atoms. The van der Waals surface area contributed by atoms with E-state index >= 15 is 0 Å². The van der Waals surface area contributed by atoms with Crippen molar-refractivity contribution in [3.63, 3.8) is 0 Å². The van der Waals surface area contributed by atoms with Crippen LogP contribution in [0.3, 0.4) is 0 Å². The lowest BCUT2D eigenvalue weighted by Crippen LogP contribution is -2.38. The minimum atomic E-state index is -0.997. The fraction of sp³-hybridized carbons (Fsp3) is 0.400. The van der Waals surface area contributed by atoms with Crippen molar-refractivity contribution in [1.82, 2.24) is 9.88 Å². The third kappa shape index (κ3) is 3.59. The van der Waals surface area contributed by atoms with E-state index in [9.17, 15) is 13.2 Å². The Labute approximate surface area is 130 Å². The van der Waals surface area contributed by atoms with Crippen LogP contribution in [0, 0.1) is 17.5 Å². The summed E-state index contributed by atoms with van der Waals surface area (Å²) in [6.45, 7) is 2.33. The molecule has 1 fully saturated rings. The highest BCUT2D eigenvalue weighted by molar-refractivity contribution is 7.09. The third-order valence-electron chi connectivity index (χ3n) is 3.62. The molecule has 1 saturated heterocycles. The molecule has 0 unspecified atom stereocenters. The first-order chi connectivity index (χ1) is 10.6. The molecule has 3 nitrogen and oxygen atoms in total. The van der Waals surface area contributed by atoms with Gasteiger partial charge >= 0.3 is 0 Å². The Morgan fingerprint density at radius 3 is 2.45 bits per heavy atom. The second-order valence-corrected chi connectivity index (χ2v) is 6.20. The van der Waals surface area contributed by atoms with E-state index in [1.54, 1.807) is 17.5 Å². The summed E-state index contributed by atoms with van der Waals surface area (Å²) in [7, 11) is 0. The second kappa shape index (κ2) is 6.66. The molecule has 1 aromatic carbocycles. The van der Waals surface area contributed by atoms with Gasteiger partial charge in [-0.05, 0) is 12.8 Å². The number of likely N-dealkylation sites (tertiary alicyclic amines) is 1. The van der Waals surface area contributed by atoms with E-state index in [1.807, 2.05) is 5.38 Å². The van der Waals surface area contributed by atoms with Crippen molar-refractivity contribution in [2.24, 2.45) is 0 Å². The molecule has 2 aromatic rings. The van der Waals surface area contributed by atoms with Crippen LogP contribution in [0.25, 0.3) is 0 Å². The molecule has 0 atom stereocenters. The highest BCUT2D eigenvalue weighted by Gasteiger charge is 2.24. The first kappa shape index (κ1) is 15.3. The van der Waals surface area contributed by atoms with E-state index in [1.165, 1.54) is 0 Å². The van der Waals surface area contributed by atoms with E-state index in [4.69, 9.17) is 4.74 Å². The zero-order chi connectivity index (χ0) is 15.5. The van der Waals surface area contributed by atoms with Gasteiger partial charge in [-0.1, -0.05) is 0 Å². The van der Waals surface area contributed by atoms with Crippen LogP contribution in [0.2, 0.25) is 0 Å². The van der Waals surface area contributed by atoms with Gasteiger partial charge in [0.2, 0.25) is 0 Å². The highest BCUT2D eigenvalue weighted by Crippen LogP contribution is 2.26. The Morgan fingerprint density at radius 2 is 1.86 bits per heavy atom. The zero-order valence-corrected chi connectivity index (χ0v) is 12.6. The van der Waals surface area contributed by atoms with Crippen molar-refractivity contribution in [3.8, 4) is 5.75 Å². The zero-order valence-electron chi connectivity index (χ0n) is 11.8. The molecular formula is C15H15F3N2OS. The van der Waals surface area contributed by atoms with Gasteiger partial charge in [-0.3, -0.25) is 4.90 Å². The molecule has 1 aliphatic heterocycles. The first-order valence-electron chi connectivity index (χ1n) is 7.04. The number of halogens is 3. The molecule has 1 aromatic heterocycles. The van der Waals surface area contributed by atoms with E-state index in [0.29, 0.717) is 25.0 Å². The van der Waals surface area contributed by atoms with Crippen LogP contribution < -0.4 is 4.74 Å². The van der Waals surface area contributed by atoms with Crippen molar-refractivity contribution in [2.45, 2.75) is 25.5 Å². The van der Waals surface area contributed by atoms with Crippen molar-refractivity contribution in [1.29, 1.82) is 0 Å². The molecule has 7 heteroatoms. The summed E-state index contributed by atoms with van der Waals surface area (Å²) in [5, 5.41) is 2.99. The predicted octanol–water partition coefficient (Wildman–Crippen LogP) is 3.60. The van der Waals surface area contributed by atoms with Gasteiger partial charge in [0.25, 0.3) is 0 Å². The summed E-state index contributed by atoms with van der Waals surface area (Å²) >= 11 is 1.61. The molecule has 0 saturated carbocycles. The maximum Gasteiger partial charge on any atom is 0.191 e. The summed E-state index contributed by atoms with van der Waals surface area (Å²) in [6, 6.07) is 1.27. The Hall–Kier alpha value is -1.60. The van der Waals surface area contributed by atoms with Crippen molar-refractivity contribution in [3.05, 3.63) is 46.2 Å². The topological polar surface area (TPSA) is 25.4 Å². The number of thiazole rings is 1. The smallest absolute Gasteiger partial charge is 0.191 e. The van der Waals surface area contributed by atoms with Gasteiger partial charge in [-0.15, -0.1) is 11.3 Å². The minimum absolute atomic E-state index is 0.262. The number of piperidine rings is 1. The molecule has 0 spiro atoms. The molecule has 1 aliphatic rings. The molecular weight excluding hydrogens is 313 g/mol. The van der Waals surface area contributed by atoms with E-state index in [0.717, 1.165) is 24.6 Å². The quantitative estimate of drug-likeness (QED) is 0.857. The Kier molecular flexibility index (Phi) is 4.63. The average molecular weight is 328 g/mol. The monoisotopic (exact) mass is 328 g/mol. The summed E-state index contributed by atoms with van der Waals surface area (Å²) in [5.74, 6) is -3.43. The maximum atomic E-state index is 13.6. The van der Waals surface area contributed by atoms with Gasteiger partial charge < -0.3 is 4.74 Å². The van der Waals surface area contributed by atoms with E-state index in [-0.39, 0.29) is 6.10 Å². The summed E-state index contributed by atoms with van der Waals surface area (Å²) in [4.78, 5) is 6.47. The van der Waals surface area contributed by atoms with E-state index in [2.05, 4.69) is 9.88 Å². The van der Waals surface area contributed by atoms with Crippen molar-refractivity contribution in [2.75, 3.05) is 13.1 Å². The van der Waals surface area contributed by atoms with Crippen LogP contribution in [0.5, 0.6) is 5.75 Å². The molecule has 0 amide bonds. The van der Waals surface area contributed by atoms with Gasteiger partial charge in [0.05, 0.1) is 6.54 Å². The van der Waals surface area contributed by atoms with Gasteiger partial charge in [0.15, 0.2) is 17.4 Å². The predicted molar refractivity (Wildman–Crippen MR) is 77.4 cm³/mol. The highest BCUT2D eigenvalue weighted by atomic mass is 32.1. The fourth-order valence-corrected chi connectivity index (χ4v) is 3.17. The number of rotatable bonds is 4. The van der Waals surface area contributed by atoms with Crippen LogP contribution in [0.1, 0.15) is 17.8 Å². The molecule has 0 aliphatic carbocycles. The van der Waals surface area contributed by atoms with Gasteiger partial charge in [0.1, 0.15) is 16.9 Å². The van der Waals surface area contributed by atoms with Gasteiger partial charge in [-0.25, -0.2) is 18.2 Å².